The molecular weight excluding hydrogens is 208 g/mol. The third kappa shape index (κ3) is 1.13. The van der Waals surface area contributed by atoms with Gasteiger partial charge in [-0.1, -0.05) is 0 Å². The quantitative estimate of drug-likeness (QED) is 0.569. The Morgan fingerprint density at radius 3 is 2.33 bits per heavy atom. The lowest BCUT2D eigenvalue weighted by atomic mass is 11.0. The maximum Gasteiger partial charge on any atom is 0.235 e. The largest absolute Gasteiger partial charge is 0.374 e. The zero-order chi connectivity index (χ0) is 7.07. The highest BCUT2D eigenvalue weighted by Gasteiger charge is 2.19. The predicted molar refractivity (Wildman–Crippen MR) is 37.6 cm³/mol. The van der Waals surface area contributed by atoms with E-state index in [1.807, 2.05) is 0 Å². The first-order chi connectivity index (χ1) is 4.02. The molecule has 6 heteroatoms. The van der Waals surface area contributed by atoms with Crippen LogP contribution in [0.1, 0.15) is 0 Å². The summed E-state index contributed by atoms with van der Waals surface area (Å²) in [7, 11) is -3.36. The number of hydrogen-bond donors (Lipinski definition) is 1. The molecule has 0 amide bonds. The third-order valence-corrected chi connectivity index (χ3v) is 2.68. The molecule has 9 heavy (non-hydrogen) atoms. The van der Waals surface area contributed by atoms with Crippen LogP contribution >= 0.6 is 15.9 Å². The first-order valence-electron chi connectivity index (χ1n) is 1.99. The predicted octanol–water partition coefficient (Wildman–Crippen LogP) is -0.0767. The molecule has 50 valence electrons. The van der Waals surface area contributed by atoms with Gasteiger partial charge < -0.3 is 5.73 Å². The maximum absolute atomic E-state index is 10.6. The Balaban J connectivity index is 3.28. The molecular formula is C3H3BrN2O2S. The van der Waals surface area contributed by atoms with E-state index in [4.69, 9.17) is 5.73 Å². The van der Waals surface area contributed by atoms with Gasteiger partial charge in [-0.2, -0.15) is 0 Å². The third-order valence-electron chi connectivity index (χ3n) is 0.761. The van der Waals surface area contributed by atoms with E-state index in [1.54, 1.807) is 0 Å². The minimum absolute atomic E-state index is 0.250. The number of halogens is 1. The SMILES string of the molecule is NC1=NC(Br)=CS1(=O)=O. The fraction of sp³-hybridized carbons (Fsp3) is 0. The summed E-state index contributed by atoms with van der Waals surface area (Å²) in [5.74, 6) is 0. The zero-order valence-corrected chi connectivity index (χ0v) is 6.61. The van der Waals surface area contributed by atoms with E-state index in [-0.39, 0.29) is 9.77 Å². The number of aliphatic imine (C=N–C) groups is 1. The van der Waals surface area contributed by atoms with Gasteiger partial charge in [0.2, 0.25) is 15.0 Å². The molecule has 0 aromatic rings. The lowest BCUT2D eigenvalue weighted by Gasteiger charge is -1.84. The molecule has 0 radical (unpaired) electrons. The Morgan fingerprint density at radius 2 is 2.22 bits per heavy atom. The Bertz CT molecular complexity index is 289. The summed E-state index contributed by atoms with van der Waals surface area (Å²) in [5.41, 5.74) is 4.98. The van der Waals surface area contributed by atoms with E-state index in [2.05, 4.69) is 20.9 Å². The van der Waals surface area contributed by atoms with E-state index in [1.165, 1.54) is 0 Å². The molecule has 0 atom stereocenters. The van der Waals surface area contributed by atoms with Gasteiger partial charge in [-0.3, -0.25) is 0 Å². The highest BCUT2D eigenvalue weighted by molar-refractivity contribution is 9.11. The van der Waals surface area contributed by atoms with Gasteiger partial charge in [0.15, 0.2) is 0 Å². The minimum Gasteiger partial charge on any atom is -0.374 e. The van der Waals surface area contributed by atoms with Crippen molar-refractivity contribution in [1.82, 2.24) is 0 Å². The van der Waals surface area contributed by atoms with Crippen molar-refractivity contribution in [2.24, 2.45) is 10.7 Å². The standard InChI is InChI=1S/C3H3BrN2O2S/c4-2-1-9(7,8)3(5)6-2/h1H,(H2,5,6). The normalized spacial score (nSPS) is 23.2. The second-order valence-electron chi connectivity index (χ2n) is 1.44. The molecule has 0 aliphatic carbocycles. The molecule has 0 aromatic heterocycles. The summed E-state index contributed by atoms with van der Waals surface area (Å²) in [6.45, 7) is 0. The lowest BCUT2D eigenvalue weighted by molar-refractivity contribution is 0.615. The molecule has 4 nitrogen and oxygen atoms in total. The Morgan fingerprint density at radius 1 is 1.67 bits per heavy atom. The summed E-state index contributed by atoms with van der Waals surface area (Å²) in [4.78, 5) is 3.43. The molecule has 1 heterocycles. The molecule has 0 spiro atoms. The average molecular weight is 211 g/mol. The number of nitrogens with zero attached hydrogens (tertiary/aromatic N) is 1. The van der Waals surface area contributed by atoms with Crippen molar-refractivity contribution >= 4 is 30.9 Å². The van der Waals surface area contributed by atoms with Crippen LogP contribution in [0.4, 0.5) is 0 Å². The highest BCUT2D eigenvalue weighted by Crippen LogP contribution is 2.16. The summed E-state index contributed by atoms with van der Waals surface area (Å²) in [6.07, 6.45) is 0. The van der Waals surface area contributed by atoms with Crippen LogP contribution in [-0.4, -0.2) is 13.6 Å². The second kappa shape index (κ2) is 1.81. The number of amidine groups is 1. The molecule has 1 aliphatic heterocycles. The number of sulfone groups is 1. The fourth-order valence-corrected chi connectivity index (χ4v) is 2.09. The van der Waals surface area contributed by atoms with E-state index >= 15 is 0 Å². The van der Waals surface area contributed by atoms with Crippen LogP contribution in [0, 0.1) is 0 Å². The minimum atomic E-state index is -3.36. The lowest BCUT2D eigenvalue weighted by Crippen LogP contribution is -2.18. The molecule has 1 aliphatic rings. The number of nitrogens with two attached hydrogens (primary N) is 1. The molecule has 0 bridgehead atoms. The van der Waals surface area contributed by atoms with Crippen LogP contribution in [0.2, 0.25) is 0 Å². The molecule has 1 rings (SSSR count). The van der Waals surface area contributed by atoms with Crippen molar-refractivity contribution in [2.75, 3.05) is 0 Å². The molecule has 0 fully saturated rings. The van der Waals surface area contributed by atoms with Crippen molar-refractivity contribution in [3.63, 3.8) is 0 Å². The van der Waals surface area contributed by atoms with Gasteiger partial charge in [0.25, 0.3) is 0 Å². The van der Waals surface area contributed by atoms with Gasteiger partial charge in [-0.05, 0) is 15.9 Å². The Hall–Kier alpha value is -0.360. The van der Waals surface area contributed by atoms with E-state index in [0.29, 0.717) is 0 Å². The summed E-state index contributed by atoms with van der Waals surface area (Å²) in [6, 6.07) is 0. The first kappa shape index (κ1) is 6.76. The van der Waals surface area contributed by atoms with Gasteiger partial charge in [0, 0.05) is 0 Å². The molecule has 0 saturated carbocycles. The van der Waals surface area contributed by atoms with Crippen LogP contribution in [0.3, 0.4) is 0 Å². The summed E-state index contributed by atoms with van der Waals surface area (Å²) < 4.78 is 21.5. The van der Waals surface area contributed by atoms with Crippen molar-refractivity contribution in [3.05, 3.63) is 10.0 Å². The topological polar surface area (TPSA) is 72.5 Å². The van der Waals surface area contributed by atoms with Crippen molar-refractivity contribution in [1.29, 1.82) is 0 Å². The maximum atomic E-state index is 10.6. The molecule has 0 saturated heterocycles. The van der Waals surface area contributed by atoms with Crippen LogP contribution in [0.5, 0.6) is 0 Å². The van der Waals surface area contributed by atoms with Crippen molar-refractivity contribution < 1.29 is 8.42 Å². The highest BCUT2D eigenvalue weighted by atomic mass is 79.9. The molecule has 0 aromatic carbocycles. The fourth-order valence-electron chi connectivity index (χ4n) is 0.384. The zero-order valence-electron chi connectivity index (χ0n) is 4.20. The van der Waals surface area contributed by atoms with Gasteiger partial charge >= 0.3 is 0 Å². The van der Waals surface area contributed by atoms with Crippen molar-refractivity contribution in [3.8, 4) is 0 Å². The molecule has 0 unspecified atom stereocenters. The summed E-state index contributed by atoms with van der Waals surface area (Å²) >= 11 is 2.87. The Labute approximate surface area is 60.5 Å². The van der Waals surface area contributed by atoms with Crippen LogP contribution in [0.15, 0.2) is 15.0 Å². The van der Waals surface area contributed by atoms with Gasteiger partial charge in [-0.15, -0.1) is 0 Å². The summed E-state index contributed by atoms with van der Waals surface area (Å²) in [5, 5.41) is 0.608. The van der Waals surface area contributed by atoms with E-state index in [0.717, 1.165) is 5.41 Å². The van der Waals surface area contributed by atoms with Crippen LogP contribution in [-0.2, 0) is 9.84 Å². The first-order valence-corrected chi connectivity index (χ1v) is 4.33. The van der Waals surface area contributed by atoms with E-state index in [9.17, 15) is 8.42 Å². The van der Waals surface area contributed by atoms with Gasteiger partial charge in [0.05, 0.1) is 5.41 Å². The average Bonchev–Trinajstić information content (AvgIpc) is 1.79. The number of rotatable bonds is 0. The number of hydrogen-bond acceptors (Lipinski definition) is 4. The van der Waals surface area contributed by atoms with Gasteiger partial charge in [0.1, 0.15) is 4.61 Å². The second-order valence-corrected chi connectivity index (χ2v) is 3.99. The van der Waals surface area contributed by atoms with Crippen LogP contribution in [0.25, 0.3) is 0 Å². The van der Waals surface area contributed by atoms with Gasteiger partial charge in [-0.25, -0.2) is 13.4 Å². The van der Waals surface area contributed by atoms with Crippen LogP contribution < -0.4 is 5.73 Å². The van der Waals surface area contributed by atoms with Crippen molar-refractivity contribution in [2.45, 2.75) is 0 Å². The van der Waals surface area contributed by atoms with E-state index < -0.39 is 9.84 Å². The smallest absolute Gasteiger partial charge is 0.235 e. The monoisotopic (exact) mass is 210 g/mol. The Kier molecular flexibility index (Phi) is 1.36. The molecule has 2 N–H and O–H groups in total.